The minimum absolute atomic E-state index is 0.0273. The van der Waals surface area contributed by atoms with Crippen LogP contribution in [0.4, 0.5) is 22.4 Å². The van der Waals surface area contributed by atoms with Crippen LogP contribution in [0.25, 0.3) is 11.1 Å². The van der Waals surface area contributed by atoms with Crippen LogP contribution < -0.4 is 20.9 Å². The lowest BCUT2D eigenvalue weighted by Crippen LogP contribution is -2.49. The molecule has 1 aliphatic carbocycles. The Morgan fingerprint density at radius 1 is 1.00 bits per heavy atom. The molecule has 11 nitrogen and oxygen atoms in total. The van der Waals surface area contributed by atoms with Crippen molar-refractivity contribution in [3.05, 3.63) is 101 Å². The Labute approximate surface area is 266 Å². The first-order chi connectivity index (χ1) is 22.1. The van der Waals surface area contributed by atoms with Crippen LogP contribution in [0, 0.1) is 11.3 Å². The number of nitrogens with zero attached hydrogens (tertiary/aromatic N) is 7. The van der Waals surface area contributed by atoms with E-state index in [2.05, 4.69) is 37.1 Å². The van der Waals surface area contributed by atoms with Gasteiger partial charge in [0.1, 0.15) is 23.3 Å². The zero-order valence-electron chi connectivity index (χ0n) is 24.9. The van der Waals surface area contributed by atoms with E-state index >= 15 is 0 Å². The Bertz CT molecular complexity index is 1740. The van der Waals surface area contributed by atoms with E-state index in [-0.39, 0.29) is 18.1 Å². The molecule has 0 saturated heterocycles. The lowest BCUT2D eigenvalue weighted by molar-refractivity contribution is 0.240. The summed E-state index contributed by atoms with van der Waals surface area (Å²) >= 11 is 1.65. The van der Waals surface area contributed by atoms with E-state index in [9.17, 15) is 10.1 Å². The van der Waals surface area contributed by atoms with Crippen molar-refractivity contribution in [2.24, 2.45) is 7.05 Å². The summed E-state index contributed by atoms with van der Waals surface area (Å²) in [5.74, 6) is 1.61. The fourth-order valence-electron chi connectivity index (χ4n) is 5.50. The van der Waals surface area contributed by atoms with Gasteiger partial charge in [-0.1, -0.05) is 36.4 Å². The molecule has 3 N–H and O–H groups in total. The molecule has 0 spiro atoms. The van der Waals surface area contributed by atoms with Gasteiger partial charge in [-0.15, -0.1) is 11.3 Å². The van der Waals surface area contributed by atoms with Crippen molar-refractivity contribution in [3.63, 3.8) is 0 Å². The van der Waals surface area contributed by atoms with Crippen LogP contribution in [0.15, 0.2) is 84.8 Å². The maximum absolute atomic E-state index is 13.7. The predicted octanol–water partition coefficient (Wildman–Crippen LogP) is 5.96. The monoisotopic (exact) mass is 618 g/mol. The molecule has 1 fully saturated rings. The molecule has 0 bridgehead atoms. The number of benzene rings is 1. The quantitative estimate of drug-likeness (QED) is 0.175. The topological polar surface area (TPSA) is 137 Å². The summed E-state index contributed by atoms with van der Waals surface area (Å²) in [6, 6.07) is 19.9. The Kier molecular flexibility index (Phi) is 9.27. The molecule has 4 aromatic heterocycles. The van der Waals surface area contributed by atoms with Crippen LogP contribution in [-0.2, 0) is 20.1 Å². The highest BCUT2D eigenvalue weighted by Gasteiger charge is 2.31. The second kappa shape index (κ2) is 14.0. The Balaban J connectivity index is 1.13. The third-order valence-corrected chi connectivity index (χ3v) is 8.73. The average Bonchev–Trinajstić information content (AvgIpc) is 3.77. The minimum Gasteiger partial charge on any atom is -0.364 e. The van der Waals surface area contributed by atoms with E-state index in [1.807, 2.05) is 73.2 Å². The molecule has 6 rings (SSSR count). The van der Waals surface area contributed by atoms with Crippen molar-refractivity contribution in [1.82, 2.24) is 30.0 Å². The van der Waals surface area contributed by atoms with E-state index in [4.69, 9.17) is 4.98 Å². The highest BCUT2D eigenvalue weighted by Crippen LogP contribution is 2.30. The van der Waals surface area contributed by atoms with Crippen molar-refractivity contribution < 1.29 is 4.79 Å². The van der Waals surface area contributed by atoms with Gasteiger partial charge < -0.3 is 16.0 Å². The van der Waals surface area contributed by atoms with E-state index in [0.29, 0.717) is 36.2 Å². The van der Waals surface area contributed by atoms with Gasteiger partial charge in [0.25, 0.3) is 0 Å². The van der Waals surface area contributed by atoms with E-state index in [0.717, 1.165) is 47.3 Å². The fourth-order valence-corrected chi connectivity index (χ4v) is 6.14. The molecule has 0 radical (unpaired) electrons. The van der Waals surface area contributed by atoms with Crippen molar-refractivity contribution in [3.8, 4) is 17.2 Å². The number of hydrogen-bond donors (Lipinski definition) is 3. The molecule has 12 heteroatoms. The SMILES string of the molecule is Cn1cc(-c2ccc(N(C(=O)NCc3ccccc3)C3CCC(Nc4ncc(C#N)c(NCc5cccs5)n4)CC3)nc2)cn1. The van der Waals surface area contributed by atoms with E-state index < -0.39 is 0 Å². The van der Waals surface area contributed by atoms with Crippen molar-refractivity contribution in [2.75, 3.05) is 15.5 Å². The number of nitriles is 1. The second-order valence-electron chi connectivity index (χ2n) is 11.0. The molecule has 4 heterocycles. The minimum atomic E-state index is -0.172. The number of rotatable bonds is 10. The molecule has 0 atom stereocenters. The van der Waals surface area contributed by atoms with Crippen molar-refractivity contribution in [2.45, 2.75) is 50.9 Å². The highest BCUT2D eigenvalue weighted by molar-refractivity contribution is 7.09. The molecule has 1 aromatic carbocycles. The Morgan fingerprint density at radius 3 is 2.53 bits per heavy atom. The number of aromatic nitrogens is 5. The lowest BCUT2D eigenvalue weighted by atomic mass is 9.90. The van der Waals surface area contributed by atoms with Crippen LogP contribution >= 0.6 is 11.3 Å². The van der Waals surface area contributed by atoms with E-state index in [1.54, 1.807) is 39.5 Å². The summed E-state index contributed by atoms with van der Waals surface area (Å²) in [4.78, 5) is 30.4. The third-order valence-electron chi connectivity index (χ3n) is 7.85. The number of amides is 2. The molecule has 0 aliphatic heterocycles. The van der Waals surface area contributed by atoms with Gasteiger partial charge >= 0.3 is 6.03 Å². The number of anilines is 3. The van der Waals surface area contributed by atoms with Gasteiger partial charge in [0, 0.05) is 54.1 Å². The summed E-state index contributed by atoms with van der Waals surface area (Å²) in [6.45, 7) is 1.02. The zero-order valence-corrected chi connectivity index (χ0v) is 25.7. The van der Waals surface area contributed by atoms with Crippen LogP contribution in [-0.4, -0.2) is 42.8 Å². The largest absolute Gasteiger partial charge is 0.364 e. The van der Waals surface area contributed by atoms with Crippen LogP contribution in [0.1, 0.15) is 41.7 Å². The summed E-state index contributed by atoms with van der Waals surface area (Å²) in [7, 11) is 1.88. The van der Waals surface area contributed by atoms with Crippen molar-refractivity contribution in [1.29, 1.82) is 5.26 Å². The number of carbonyl (C=O) groups is 1. The molecule has 0 unspecified atom stereocenters. The highest BCUT2D eigenvalue weighted by atomic mass is 32.1. The first-order valence-electron chi connectivity index (χ1n) is 14.9. The molecular weight excluding hydrogens is 584 g/mol. The first-order valence-corrected chi connectivity index (χ1v) is 15.8. The molecule has 1 saturated carbocycles. The van der Waals surface area contributed by atoms with Gasteiger partial charge in [0.2, 0.25) is 5.95 Å². The number of aryl methyl sites for hydroxylation is 1. The van der Waals surface area contributed by atoms with E-state index in [1.165, 1.54) is 0 Å². The molecule has 1 aliphatic rings. The summed E-state index contributed by atoms with van der Waals surface area (Å²) < 4.78 is 1.75. The summed E-state index contributed by atoms with van der Waals surface area (Å²) in [5, 5.41) is 25.7. The molecule has 5 aromatic rings. The maximum atomic E-state index is 13.7. The second-order valence-corrected chi connectivity index (χ2v) is 12.0. The van der Waals surface area contributed by atoms with Gasteiger partial charge in [-0.25, -0.2) is 14.8 Å². The maximum Gasteiger partial charge on any atom is 0.323 e. The predicted molar refractivity (Wildman–Crippen MR) is 176 cm³/mol. The summed E-state index contributed by atoms with van der Waals surface area (Å²) in [6.07, 6.45) is 10.3. The standard InChI is InChI=1S/C33H34N10OS/c1-42-22-26(20-39-42)24-9-14-30(35-18-24)43(33(44)38-17-23-6-3-2-4-7-23)28-12-10-27(11-13-28)40-32-37-19-25(16-34)31(41-32)36-21-29-8-5-15-45-29/h2-9,14-15,18-20,22,27-28H,10-13,17,21H2,1H3,(H,38,44)(H2,36,37,40,41). The Hall–Kier alpha value is -5.28. The van der Waals surface area contributed by atoms with Crippen LogP contribution in [0.2, 0.25) is 0 Å². The van der Waals surface area contributed by atoms with Gasteiger partial charge in [-0.05, 0) is 54.8 Å². The van der Waals surface area contributed by atoms with Crippen LogP contribution in [0.5, 0.6) is 0 Å². The van der Waals surface area contributed by atoms with Crippen molar-refractivity contribution >= 4 is 35.0 Å². The van der Waals surface area contributed by atoms with Gasteiger partial charge in [-0.2, -0.15) is 15.3 Å². The normalized spacial score (nSPS) is 16.0. The number of pyridine rings is 1. The number of thiophene rings is 1. The van der Waals surface area contributed by atoms with Gasteiger partial charge in [-0.3, -0.25) is 9.58 Å². The lowest BCUT2D eigenvalue weighted by Gasteiger charge is -2.36. The molecule has 45 heavy (non-hydrogen) atoms. The number of carbonyl (C=O) groups excluding carboxylic acids is 1. The first kappa shape index (κ1) is 29.8. The molecular formula is C33H34N10OS. The summed E-state index contributed by atoms with van der Waals surface area (Å²) in [5.41, 5.74) is 3.35. The third kappa shape index (κ3) is 7.45. The molecule has 228 valence electrons. The number of urea groups is 1. The Morgan fingerprint density at radius 2 is 1.84 bits per heavy atom. The van der Waals surface area contributed by atoms with Crippen LogP contribution in [0.3, 0.4) is 0 Å². The smallest absolute Gasteiger partial charge is 0.323 e. The number of hydrogen-bond acceptors (Lipinski definition) is 9. The molecule has 2 amide bonds. The number of nitrogens with one attached hydrogen (secondary N) is 3. The van der Waals surface area contributed by atoms with Gasteiger partial charge in [0.15, 0.2) is 0 Å². The zero-order chi connectivity index (χ0) is 31.0. The fraction of sp³-hybridized carbons (Fsp3) is 0.273. The average molecular weight is 619 g/mol. The van der Waals surface area contributed by atoms with Gasteiger partial charge in [0.05, 0.1) is 18.9 Å².